The van der Waals surface area contributed by atoms with Gasteiger partial charge in [0.2, 0.25) is 5.91 Å². The number of methoxy groups -OCH3 is 1. The summed E-state index contributed by atoms with van der Waals surface area (Å²) in [5.41, 5.74) is 1.85. The molecule has 0 saturated heterocycles. The van der Waals surface area contributed by atoms with Crippen molar-refractivity contribution in [2.75, 3.05) is 38.4 Å². The molecule has 0 aromatic heterocycles. The molecule has 132 valence electrons. The van der Waals surface area contributed by atoms with E-state index in [0.717, 1.165) is 10.2 Å². The topological polar surface area (TPSA) is 70.7 Å². The van der Waals surface area contributed by atoms with Crippen LogP contribution in [-0.2, 0) is 4.79 Å². The zero-order chi connectivity index (χ0) is 18.4. The number of nitrogens with one attached hydrogen (secondary N) is 2. The van der Waals surface area contributed by atoms with Crippen LogP contribution in [0, 0.1) is 0 Å². The number of benzene rings is 2. The van der Waals surface area contributed by atoms with Crippen LogP contribution in [0.3, 0.4) is 0 Å². The second-order valence-corrected chi connectivity index (χ2v) is 6.38. The van der Waals surface area contributed by atoms with Crippen molar-refractivity contribution in [1.82, 2.24) is 4.90 Å². The van der Waals surface area contributed by atoms with E-state index in [2.05, 4.69) is 26.6 Å². The van der Waals surface area contributed by atoms with Crippen LogP contribution in [0.4, 0.5) is 11.4 Å². The molecule has 0 saturated carbocycles. The highest BCUT2D eigenvalue weighted by atomic mass is 79.9. The minimum atomic E-state index is -0.218. The first-order valence-corrected chi connectivity index (χ1v) is 8.39. The standard InChI is InChI=1S/C18H20BrN3O3/c1-22(2)18(24)12-5-4-6-13(9-12)21-17(23)11-20-16-10-14(25-3)7-8-15(16)19/h4-10,20H,11H2,1-3H3,(H,21,23). The number of anilines is 2. The summed E-state index contributed by atoms with van der Waals surface area (Å²) in [7, 11) is 4.95. The van der Waals surface area contributed by atoms with Gasteiger partial charge in [0.15, 0.2) is 0 Å². The highest BCUT2D eigenvalue weighted by Crippen LogP contribution is 2.26. The summed E-state index contributed by atoms with van der Waals surface area (Å²) in [6.45, 7) is 0.0810. The number of hydrogen-bond acceptors (Lipinski definition) is 4. The molecule has 0 aliphatic heterocycles. The van der Waals surface area contributed by atoms with Gasteiger partial charge in [-0.25, -0.2) is 0 Å². The Bertz CT molecular complexity index is 778. The first-order chi connectivity index (χ1) is 11.9. The summed E-state index contributed by atoms with van der Waals surface area (Å²) < 4.78 is 6.00. The Morgan fingerprint density at radius 3 is 2.60 bits per heavy atom. The molecular weight excluding hydrogens is 386 g/mol. The fourth-order valence-electron chi connectivity index (χ4n) is 2.14. The van der Waals surface area contributed by atoms with Crippen molar-refractivity contribution in [1.29, 1.82) is 0 Å². The number of halogens is 1. The van der Waals surface area contributed by atoms with E-state index in [1.54, 1.807) is 51.5 Å². The van der Waals surface area contributed by atoms with Gasteiger partial charge in [0, 0.05) is 35.9 Å². The first-order valence-electron chi connectivity index (χ1n) is 7.59. The number of amides is 2. The molecule has 0 atom stereocenters. The Morgan fingerprint density at radius 2 is 1.92 bits per heavy atom. The van der Waals surface area contributed by atoms with Crippen molar-refractivity contribution < 1.29 is 14.3 Å². The summed E-state index contributed by atoms with van der Waals surface area (Å²) in [5, 5.41) is 5.82. The highest BCUT2D eigenvalue weighted by Gasteiger charge is 2.10. The van der Waals surface area contributed by atoms with Crippen LogP contribution >= 0.6 is 15.9 Å². The van der Waals surface area contributed by atoms with Gasteiger partial charge < -0.3 is 20.3 Å². The van der Waals surface area contributed by atoms with Gasteiger partial charge in [-0.3, -0.25) is 9.59 Å². The Morgan fingerprint density at radius 1 is 1.16 bits per heavy atom. The summed E-state index contributed by atoms with van der Waals surface area (Å²) in [6, 6.07) is 12.3. The Labute approximate surface area is 155 Å². The number of rotatable bonds is 6. The van der Waals surface area contributed by atoms with Gasteiger partial charge in [0.1, 0.15) is 5.75 Å². The van der Waals surface area contributed by atoms with Crippen molar-refractivity contribution >= 4 is 39.1 Å². The summed E-state index contributed by atoms with van der Waals surface area (Å²) in [4.78, 5) is 25.6. The second-order valence-electron chi connectivity index (χ2n) is 5.53. The van der Waals surface area contributed by atoms with Crippen LogP contribution in [0.2, 0.25) is 0 Å². The quantitative estimate of drug-likeness (QED) is 0.773. The van der Waals surface area contributed by atoms with Gasteiger partial charge in [-0.1, -0.05) is 6.07 Å². The lowest BCUT2D eigenvalue weighted by Crippen LogP contribution is -2.23. The molecule has 0 aliphatic rings. The van der Waals surface area contributed by atoms with E-state index in [1.165, 1.54) is 4.90 Å². The molecule has 25 heavy (non-hydrogen) atoms. The molecule has 7 heteroatoms. The van der Waals surface area contributed by atoms with Gasteiger partial charge in [-0.05, 0) is 46.3 Å². The van der Waals surface area contributed by atoms with Crippen molar-refractivity contribution in [2.24, 2.45) is 0 Å². The lowest BCUT2D eigenvalue weighted by atomic mass is 10.2. The van der Waals surface area contributed by atoms with Crippen molar-refractivity contribution in [2.45, 2.75) is 0 Å². The summed E-state index contributed by atoms with van der Waals surface area (Å²) in [6.07, 6.45) is 0. The van der Waals surface area contributed by atoms with E-state index in [9.17, 15) is 9.59 Å². The monoisotopic (exact) mass is 405 g/mol. The molecule has 2 aromatic carbocycles. The lowest BCUT2D eigenvalue weighted by molar-refractivity contribution is -0.114. The third-order valence-electron chi connectivity index (χ3n) is 3.41. The normalized spacial score (nSPS) is 10.1. The SMILES string of the molecule is COc1ccc(Br)c(NCC(=O)Nc2cccc(C(=O)N(C)C)c2)c1. The largest absolute Gasteiger partial charge is 0.497 e. The number of carbonyl (C=O) groups is 2. The van der Waals surface area contributed by atoms with Crippen LogP contribution in [-0.4, -0.2) is 44.5 Å². The molecule has 0 heterocycles. The van der Waals surface area contributed by atoms with Crippen molar-refractivity contribution in [3.8, 4) is 5.75 Å². The number of hydrogen-bond donors (Lipinski definition) is 2. The predicted molar refractivity (Wildman–Crippen MR) is 102 cm³/mol. The first kappa shape index (κ1) is 18.8. The molecule has 0 aliphatic carbocycles. The Balaban J connectivity index is 1.99. The van der Waals surface area contributed by atoms with Crippen LogP contribution in [0.15, 0.2) is 46.9 Å². The third kappa shape index (κ3) is 5.22. The Hall–Kier alpha value is -2.54. The van der Waals surface area contributed by atoms with Gasteiger partial charge in [0.25, 0.3) is 5.91 Å². The average Bonchev–Trinajstić information content (AvgIpc) is 2.60. The molecule has 2 aromatic rings. The lowest BCUT2D eigenvalue weighted by Gasteiger charge is -2.13. The van der Waals surface area contributed by atoms with E-state index < -0.39 is 0 Å². The molecule has 2 rings (SSSR count). The van der Waals surface area contributed by atoms with Crippen molar-refractivity contribution in [3.05, 3.63) is 52.5 Å². The van der Waals surface area contributed by atoms with Crippen LogP contribution in [0.25, 0.3) is 0 Å². The maximum absolute atomic E-state index is 12.2. The van der Waals surface area contributed by atoms with Crippen molar-refractivity contribution in [3.63, 3.8) is 0 Å². The fourth-order valence-corrected chi connectivity index (χ4v) is 2.52. The number of nitrogens with zero attached hydrogens (tertiary/aromatic N) is 1. The molecule has 0 bridgehead atoms. The van der Waals surface area contributed by atoms with Gasteiger partial charge in [-0.15, -0.1) is 0 Å². The van der Waals surface area contributed by atoms with Crippen LogP contribution in [0.1, 0.15) is 10.4 Å². The van der Waals surface area contributed by atoms with Crippen LogP contribution in [0.5, 0.6) is 5.75 Å². The minimum Gasteiger partial charge on any atom is -0.497 e. The molecule has 6 nitrogen and oxygen atoms in total. The second kappa shape index (κ2) is 8.53. The zero-order valence-electron chi connectivity index (χ0n) is 14.3. The smallest absolute Gasteiger partial charge is 0.253 e. The maximum atomic E-state index is 12.2. The fraction of sp³-hybridized carbons (Fsp3) is 0.222. The minimum absolute atomic E-state index is 0.0810. The molecule has 0 radical (unpaired) electrons. The number of ether oxygens (including phenoxy) is 1. The van der Waals surface area contributed by atoms with E-state index >= 15 is 0 Å². The van der Waals surface area contributed by atoms with Gasteiger partial charge in [0.05, 0.1) is 19.3 Å². The maximum Gasteiger partial charge on any atom is 0.253 e. The number of carbonyl (C=O) groups excluding carboxylic acids is 2. The third-order valence-corrected chi connectivity index (χ3v) is 4.10. The molecule has 2 N–H and O–H groups in total. The zero-order valence-corrected chi connectivity index (χ0v) is 15.9. The predicted octanol–water partition coefficient (Wildman–Crippen LogP) is 3.21. The molecule has 2 amide bonds. The van der Waals surface area contributed by atoms with Gasteiger partial charge >= 0.3 is 0 Å². The molecule has 0 unspecified atom stereocenters. The highest BCUT2D eigenvalue weighted by molar-refractivity contribution is 9.10. The molecule has 0 spiro atoms. The van der Waals surface area contributed by atoms with E-state index in [4.69, 9.17) is 4.74 Å². The van der Waals surface area contributed by atoms with E-state index in [1.807, 2.05) is 12.1 Å². The van der Waals surface area contributed by atoms with Gasteiger partial charge in [-0.2, -0.15) is 0 Å². The molecular formula is C18H20BrN3O3. The van der Waals surface area contributed by atoms with Crippen LogP contribution < -0.4 is 15.4 Å². The Kier molecular flexibility index (Phi) is 6.41. The average molecular weight is 406 g/mol. The summed E-state index contributed by atoms with van der Waals surface area (Å²) in [5.74, 6) is 0.361. The van der Waals surface area contributed by atoms with E-state index in [-0.39, 0.29) is 18.4 Å². The van der Waals surface area contributed by atoms with E-state index in [0.29, 0.717) is 17.0 Å². The molecule has 0 fully saturated rings. The summed E-state index contributed by atoms with van der Waals surface area (Å²) >= 11 is 3.42.